The molecule has 0 aromatic rings. The van der Waals surface area contributed by atoms with Crippen molar-refractivity contribution in [2.75, 3.05) is 20.2 Å². The van der Waals surface area contributed by atoms with Gasteiger partial charge >= 0.3 is 0 Å². The zero-order valence-electron chi connectivity index (χ0n) is 13.7. The lowest BCUT2D eigenvalue weighted by atomic mass is 9.91. The van der Waals surface area contributed by atoms with Crippen molar-refractivity contribution in [2.24, 2.45) is 5.73 Å². The van der Waals surface area contributed by atoms with Gasteiger partial charge in [0.15, 0.2) is 0 Å². The Balaban J connectivity index is 1.84. The molecule has 1 heterocycles. The largest absolute Gasteiger partial charge is 0.377 e. The van der Waals surface area contributed by atoms with Gasteiger partial charge in [0, 0.05) is 25.2 Å². The number of primary amides is 1. The first-order valence-corrected chi connectivity index (χ1v) is 8.30. The Morgan fingerprint density at radius 2 is 2.14 bits per heavy atom. The minimum atomic E-state index is -0.609. The summed E-state index contributed by atoms with van der Waals surface area (Å²) in [5.41, 5.74) is 5.03. The molecule has 0 radical (unpaired) electrons. The van der Waals surface area contributed by atoms with Crippen molar-refractivity contribution in [3.63, 3.8) is 0 Å². The Hall–Kier alpha value is -0.650. The van der Waals surface area contributed by atoms with Gasteiger partial charge in [-0.3, -0.25) is 4.79 Å². The first kappa shape index (κ1) is 16.7. The van der Waals surface area contributed by atoms with Crippen LogP contribution in [0, 0.1) is 0 Å². The maximum absolute atomic E-state index is 11.8. The van der Waals surface area contributed by atoms with Gasteiger partial charge in [0.1, 0.15) is 0 Å². The summed E-state index contributed by atoms with van der Waals surface area (Å²) in [5, 5.41) is 3.42. The Kier molecular flexibility index (Phi) is 5.63. The van der Waals surface area contributed by atoms with Crippen LogP contribution in [0.2, 0.25) is 0 Å². The van der Waals surface area contributed by atoms with Gasteiger partial charge in [0.25, 0.3) is 0 Å². The van der Waals surface area contributed by atoms with Crippen molar-refractivity contribution in [1.29, 1.82) is 0 Å². The standard InChI is InChI=1S/C16H31N3O2/c1-12(19(3)11-14-6-4-5-9-21-14)10-16(2,15(17)20)18-13-7-8-13/h12-14,18H,4-11H2,1-3H3,(H2,17,20). The third-order valence-electron chi connectivity index (χ3n) is 4.87. The molecule has 1 saturated carbocycles. The smallest absolute Gasteiger partial charge is 0.237 e. The molecule has 0 aromatic heterocycles. The highest BCUT2D eigenvalue weighted by Crippen LogP contribution is 2.26. The molecule has 0 bridgehead atoms. The van der Waals surface area contributed by atoms with Gasteiger partial charge in [-0.2, -0.15) is 0 Å². The van der Waals surface area contributed by atoms with Crippen LogP contribution in [0.25, 0.3) is 0 Å². The molecule has 2 rings (SSSR count). The number of likely N-dealkylation sites (N-methyl/N-ethyl adjacent to an activating group) is 1. The predicted molar refractivity (Wildman–Crippen MR) is 84.1 cm³/mol. The van der Waals surface area contributed by atoms with Crippen LogP contribution in [0.5, 0.6) is 0 Å². The number of carbonyl (C=O) groups is 1. The normalized spacial score (nSPS) is 27.3. The number of nitrogens with one attached hydrogen (secondary N) is 1. The number of rotatable bonds is 8. The van der Waals surface area contributed by atoms with E-state index in [1.165, 1.54) is 12.8 Å². The molecule has 21 heavy (non-hydrogen) atoms. The van der Waals surface area contributed by atoms with Crippen LogP contribution >= 0.6 is 0 Å². The number of ether oxygens (including phenoxy) is 1. The third-order valence-corrected chi connectivity index (χ3v) is 4.87. The number of nitrogens with zero attached hydrogens (tertiary/aromatic N) is 1. The number of nitrogens with two attached hydrogens (primary N) is 1. The molecule has 2 fully saturated rings. The second-order valence-corrected chi connectivity index (χ2v) is 7.10. The molecule has 1 saturated heterocycles. The third kappa shape index (κ3) is 4.94. The fraction of sp³-hybridized carbons (Fsp3) is 0.938. The van der Waals surface area contributed by atoms with Crippen LogP contribution in [0.1, 0.15) is 52.4 Å². The molecule has 5 heteroatoms. The van der Waals surface area contributed by atoms with Crippen molar-refractivity contribution in [3.8, 4) is 0 Å². The summed E-state index contributed by atoms with van der Waals surface area (Å²) in [6.07, 6.45) is 6.97. The van der Waals surface area contributed by atoms with Crippen molar-refractivity contribution in [2.45, 2.75) is 76.1 Å². The fourth-order valence-corrected chi connectivity index (χ4v) is 3.11. The van der Waals surface area contributed by atoms with Gasteiger partial charge in [0.05, 0.1) is 11.6 Å². The molecular weight excluding hydrogens is 266 g/mol. The van der Waals surface area contributed by atoms with Crippen LogP contribution < -0.4 is 11.1 Å². The Morgan fingerprint density at radius 1 is 1.43 bits per heavy atom. The maximum Gasteiger partial charge on any atom is 0.237 e. The molecule has 3 N–H and O–H groups in total. The van der Waals surface area contributed by atoms with E-state index < -0.39 is 5.54 Å². The van der Waals surface area contributed by atoms with Crippen LogP contribution in [0.15, 0.2) is 0 Å². The van der Waals surface area contributed by atoms with E-state index in [0.717, 1.165) is 38.8 Å². The summed E-state index contributed by atoms with van der Waals surface area (Å²) in [7, 11) is 2.11. The lowest BCUT2D eigenvalue weighted by molar-refractivity contribution is -0.124. The van der Waals surface area contributed by atoms with Crippen molar-refractivity contribution < 1.29 is 9.53 Å². The summed E-state index contributed by atoms with van der Waals surface area (Å²) in [5.74, 6) is -0.247. The molecular formula is C16H31N3O2. The van der Waals surface area contributed by atoms with E-state index in [-0.39, 0.29) is 5.91 Å². The van der Waals surface area contributed by atoms with E-state index in [1.807, 2.05) is 6.92 Å². The maximum atomic E-state index is 11.8. The van der Waals surface area contributed by atoms with E-state index in [4.69, 9.17) is 10.5 Å². The molecule has 3 unspecified atom stereocenters. The molecule has 0 aromatic carbocycles. The zero-order valence-corrected chi connectivity index (χ0v) is 13.7. The summed E-state index contributed by atoms with van der Waals surface area (Å²) >= 11 is 0. The first-order chi connectivity index (χ1) is 9.90. The summed E-state index contributed by atoms with van der Waals surface area (Å²) in [6.45, 7) is 5.92. The van der Waals surface area contributed by atoms with Gasteiger partial charge in [-0.05, 0) is 59.4 Å². The molecule has 2 aliphatic rings. The van der Waals surface area contributed by atoms with Crippen LogP contribution in [0.4, 0.5) is 0 Å². The van der Waals surface area contributed by atoms with E-state index in [9.17, 15) is 4.79 Å². The van der Waals surface area contributed by atoms with E-state index in [1.54, 1.807) is 0 Å². The van der Waals surface area contributed by atoms with Crippen molar-refractivity contribution in [1.82, 2.24) is 10.2 Å². The van der Waals surface area contributed by atoms with Crippen LogP contribution in [0.3, 0.4) is 0 Å². The predicted octanol–water partition coefficient (Wildman–Crippen LogP) is 1.26. The first-order valence-electron chi connectivity index (χ1n) is 8.30. The van der Waals surface area contributed by atoms with Crippen LogP contribution in [-0.4, -0.2) is 54.7 Å². The quantitative estimate of drug-likeness (QED) is 0.708. The highest BCUT2D eigenvalue weighted by Gasteiger charge is 2.38. The zero-order chi connectivity index (χ0) is 15.5. The van der Waals surface area contributed by atoms with Gasteiger partial charge in [-0.1, -0.05) is 0 Å². The second kappa shape index (κ2) is 7.07. The Labute approximate surface area is 128 Å². The van der Waals surface area contributed by atoms with Crippen LogP contribution in [-0.2, 0) is 9.53 Å². The molecule has 1 aliphatic heterocycles. The summed E-state index contributed by atoms with van der Waals surface area (Å²) in [6, 6.07) is 0.765. The van der Waals surface area contributed by atoms with Crippen molar-refractivity contribution in [3.05, 3.63) is 0 Å². The molecule has 1 aliphatic carbocycles. The minimum absolute atomic E-state index is 0.247. The van der Waals surface area contributed by atoms with E-state index in [0.29, 0.717) is 18.2 Å². The van der Waals surface area contributed by atoms with Gasteiger partial charge in [-0.25, -0.2) is 0 Å². The molecule has 5 nitrogen and oxygen atoms in total. The number of hydrogen-bond donors (Lipinski definition) is 2. The van der Waals surface area contributed by atoms with Gasteiger partial charge in [-0.15, -0.1) is 0 Å². The molecule has 122 valence electrons. The van der Waals surface area contributed by atoms with E-state index in [2.05, 4.69) is 24.2 Å². The second-order valence-electron chi connectivity index (χ2n) is 7.10. The fourth-order valence-electron chi connectivity index (χ4n) is 3.11. The van der Waals surface area contributed by atoms with Crippen molar-refractivity contribution >= 4 is 5.91 Å². The van der Waals surface area contributed by atoms with Gasteiger partial charge in [0.2, 0.25) is 5.91 Å². The molecule has 1 amide bonds. The topological polar surface area (TPSA) is 67.6 Å². The highest BCUT2D eigenvalue weighted by atomic mass is 16.5. The van der Waals surface area contributed by atoms with E-state index >= 15 is 0 Å². The number of carbonyl (C=O) groups excluding carboxylic acids is 1. The number of hydrogen-bond acceptors (Lipinski definition) is 4. The monoisotopic (exact) mass is 297 g/mol. The molecule has 0 spiro atoms. The average molecular weight is 297 g/mol. The Morgan fingerprint density at radius 3 is 2.67 bits per heavy atom. The molecule has 3 atom stereocenters. The lowest BCUT2D eigenvalue weighted by Gasteiger charge is -2.36. The average Bonchev–Trinajstić information content (AvgIpc) is 3.23. The minimum Gasteiger partial charge on any atom is -0.377 e. The lowest BCUT2D eigenvalue weighted by Crippen LogP contribution is -2.57. The SMILES string of the molecule is CC(CC(C)(NC1CC1)C(N)=O)N(C)CC1CCCCO1. The highest BCUT2D eigenvalue weighted by molar-refractivity contribution is 5.84. The van der Waals surface area contributed by atoms with Gasteiger partial charge < -0.3 is 20.7 Å². The summed E-state index contributed by atoms with van der Waals surface area (Å²) in [4.78, 5) is 14.1. The Bertz CT molecular complexity index is 353. The number of amides is 1. The summed E-state index contributed by atoms with van der Waals surface area (Å²) < 4.78 is 5.80.